The van der Waals surface area contributed by atoms with Gasteiger partial charge in [-0.2, -0.15) is 5.12 Å². The van der Waals surface area contributed by atoms with E-state index in [1.54, 1.807) is 0 Å². The number of hydrazine groups is 2. The first-order valence-electron chi connectivity index (χ1n) is 7.94. The van der Waals surface area contributed by atoms with Gasteiger partial charge in [-0.3, -0.25) is 5.43 Å². The first-order chi connectivity index (χ1) is 11.7. The fourth-order valence-electron chi connectivity index (χ4n) is 2.68. The van der Waals surface area contributed by atoms with Crippen molar-refractivity contribution in [2.45, 2.75) is 13.8 Å². The number of hydrazone groups is 1. The molecule has 1 aromatic heterocycles. The normalized spacial score (nSPS) is 13.3. The highest BCUT2D eigenvalue weighted by Gasteiger charge is 2.27. The molecule has 4 rings (SSSR count). The third kappa shape index (κ3) is 3.25. The second-order valence-corrected chi connectivity index (χ2v) is 5.83. The van der Waals surface area contributed by atoms with E-state index in [4.69, 9.17) is 5.10 Å². The van der Waals surface area contributed by atoms with Crippen LogP contribution in [0.15, 0.2) is 71.8 Å². The molecule has 3 aromatic rings. The van der Waals surface area contributed by atoms with Gasteiger partial charge in [0.1, 0.15) is 0 Å². The number of rotatable bonds is 3. The molecule has 0 aliphatic carbocycles. The number of H-pyrrole nitrogens is 1. The van der Waals surface area contributed by atoms with Crippen molar-refractivity contribution in [3.8, 4) is 0 Å². The number of nitrogens with zero attached hydrogens (tertiary/aromatic N) is 3. The number of benzene rings is 2. The first-order valence-corrected chi connectivity index (χ1v) is 7.94. The standard InChI is InChI=1S/C19H19N5.BrH/c1-14-13-18(20-15(14)2)24-22-19(16-9-5-3-6-10-16)21-23(24)17-11-7-4-8-12-17;/h3-13,20H,1-2H3,(H,21,22);1H. The van der Waals surface area contributed by atoms with Gasteiger partial charge in [-0.15, -0.1) is 27.2 Å². The Balaban J connectivity index is 0.00000182. The van der Waals surface area contributed by atoms with Gasteiger partial charge in [-0.05, 0) is 37.6 Å². The average molecular weight is 398 g/mol. The molecule has 128 valence electrons. The molecule has 2 N–H and O–H groups in total. The molecule has 0 spiro atoms. The Hall–Kier alpha value is -2.73. The summed E-state index contributed by atoms with van der Waals surface area (Å²) in [5, 5.41) is 8.57. The van der Waals surface area contributed by atoms with E-state index in [1.165, 1.54) is 5.56 Å². The molecular formula is C19H20BrN5. The lowest BCUT2D eigenvalue weighted by Crippen LogP contribution is -2.44. The third-order valence-corrected chi connectivity index (χ3v) is 4.12. The van der Waals surface area contributed by atoms with Gasteiger partial charge in [-0.1, -0.05) is 48.5 Å². The summed E-state index contributed by atoms with van der Waals surface area (Å²) < 4.78 is 0. The first kappa shape index (κ1) is 17.1. The van der Waals surface area contributed by atoms with Crippen LogP contribution in [0.5, 0.6) is 0 Å². The largest absolute Gasteiger partial charge is 0.342 e. The van der Waals surface area contributed by atoms with E-state index in [0.29, 0.717) is 0 Å². The van der Waals surface area contributed by atoms with E-state index in [0.717, 1.165) is 28.6 Å². The maximum Gasteiger partial charge on any atom is 0.176 e. The molecule has 0 amide bonds. The fraction of sp³-hybridized carbons (Fsp3) is 0.105. The Labute approximate surface area is 157 Å². The summed E-state index contributed by atoms with van der Waals surface area (Å²) in [5.74, 6) is 1.73. The highest BCUT2D eigenvalue weighted by Crippen LogP contribution is 2.26. The minimum Gasteiger partial charge on any atom is -0.342 e. The molecular weight excluding hydrogens is 378 g/mol. The fourth-order valence-corrected chi connectivity index (χ4v) is 2.68. The number of aryl methyl sites for hydroxylation is 2. The van der Waals surface area contributed by atoms with Crippen LogP contribution in [0.25, 0.3) is 0 Å². The van der Waals surface area contributed by atoms with Gasteiger partial charge >= 0.3 is 0 Å². The van der Waals surface area contributed by atoms with Gasteiger partial charge in [0.25, 0.3) is 0 Å². The second-order valence-electron chi connectivity index (χ2n) is 5.83. The number of para-hydroxylation sites is 1. The number of amidine groups is 1. The second kappa shape index (κ2) is 7.03. The molecule has 1 aliphatic rings. The van der Waals surface area contributed by atoms with Crippen LogP contribution in [0.4, 0.5) is 11.5 Å². The summed E-state index contributed by atoms with van der Waals surface area (Å²) in [4.78, 5) is 3.40. The van der Waals surface area contributed by atoms with E-state index >= 15 is 0 Å². The molecule has 1 aliphatic heterocycles. The van der Waals surface area contributed by atoms with Gasteiger partial charge in [0.05, 0.1) is 5.69 Å². The van der Waals surface area contributed by atoms with Crippen LogP contribution in [0, 0.1) is 13.8 Å². The van der Waals surface area contributed by atoms with Crippen molar-refractivity contribution in [3.63, 3.8) is 0 Å². The Morgan fingerprint density at radius 2 is 1.52 bits per heavy atom. The summed E-state index contributed by atoms with van der Waals surface area (Å²) in [6, 6.07) is 22.4. The lowest BCUT2D eigenvalue weighted by atomic mass is 10.2. The smallest absolute Gasteiger partial charge is 0.176 e. The van der Waals surface area contributed by atoms with E-state index in [-0.39, 0.29) is 17.0 Å². The van der Waals surface area contributed by atoms with Crippen molar-refractivity contribution in [1.82, 2.24) is 10.4 Å². The van der Waals surface area contributed by atoms with E-state index in [9.17, 15) is 0 Å². The molecule has 2 heterocycles. The zero-order valence-electron chi connectivity index (χ0n) is 14.1. The van der Waals surface area contributed by atoms with Crippen molar-refractivity contribution in [3.05, 3.63) is 83.6 Å². The maximum atomic E-state index is 4.77. The monoisotopic (exact) mass is 397 g/mol. The highest BCUT2D eigenvalue weighted by molar-refractivity contribution is 8.93. The average Bonchev–Trinajstić information content (AvgIpc) is 3.21. The number of aromatic nitrogens is 1. The van der Waals surface area contributed by atoms with Gasteiger partial charge in [0.2, 0.25) is 0 Å². The molecule has 0 saturated heterocycles. The number of hydrogen-bond donors (Lipinski definition) is 2. The van der Waals surface area contributed by atoms with Crippen LogP contribution in [0.1, 0.15) is 16.8 Å². The van der Waals surface area contributed by atoms with E-state index < -0.39 is 0 Å². The zero-order valence-corrected chi connectivity index (χ0v) is 15.8. The highest BCUT2D eigenvalue weighted by atomic mass is 79.9. The number of aromatic amines is 1. The number of anilines is 2. The minimum absolute atomic E-state index is 0. The summed E-state index contributed by atoms with van der Waals surface area (Å²) in [6.45, 7) is 4.16. The minimum atomic E-state index is 0. The summed E-state index contributed by atoms with van der Waals surface area (Å²) in [7, 11) is 0. The summed E-state index contributed by atoms with van der Waals surface area (Å²) >= 11 is 0. The summed E-state index contributed by atoms with van der Waals surface area (Å²) in [6.07, 6.45) is 0. The molecule has 0 fully saturated rings. The lowest BCUT2D eigenvalue weighted by Gasteiger charge is -2.26. The molecule has 0 radical (unpaired) electrons. The molecule has 5 nitrogen and oxygen atoms in total. The van der Waals surface area contributed by atoms with E-state index in [1.807, 2.05) is 70.9 Å². The Morgan fingerprint density at radius 3 is 2.12 bits per heavy atom. The van der Waals surface area contributed by atoms with Gasteiger partial charge in [-0.25, -0.2) is 0 Å². The van der Waals surface area contributed by atoms with Crippen molar-refractivity contribution < 1.29 is 0 Å². The van der Waals surface area contributed by atoms with Crippen molar-refractivity contribution >= 4 is 34.3 Å². The molecule has 0 saturated carbocycles. The molecule has 6 heteroatoms. The molecule has 25 heavy (non-hydrogen) atoms. The van der Waals surface area contributed by atoms with Crippen LogP contribution in [-0.4, -0.2) is 10.8 Å². The molecule has 0 atom stereocenters. The molecule has 0 bridgehead atoms. The van der Waals surface area contributed by atoms with Crippen LogP contribution < -0.4 is 15.7 Å². The maximum absolute atomic E-state index is 4.77. The van der Waals surface area contributed by atoms with Crippen molar-refractivity contribution in [2.24, 2.45) is 5.10 Å². The van der Waals surface area contributed by atoms with Crippen molar-refractivity contribution in [1.29, 1.82) is 0 Å². The Kier molecular flexibility index (Phi) is 4.81. The van der Waals surface area contributed by atoms with Gasteiger partial charge in [0.15, 0.2) is 11.7 Å². The number of hydrogen-bond acceptors (Lipinski definition) is 4. The Morgan fingerprint density at radius 1 is 0.880 bits per heavy atom. The number of nitrogens with one attached hydrogen (secondary N) is 2. The molecule has 0 unspecified atom stereocenters. The quantitative estimate of drug-likeness (QED) is 0.691. The zero-order chi connectivity index (χ0) is 16.5. The molecule has 2 aromatic carbocycles. The summed E-state index contributed by atoms with van der Waals surface area (Å²) in [5.41, 5.74) is 7.79. The van der Waals surface area contributed by atoms with Gasteiger partial charge < -0.3 is 4.98 Å². The van der Waals surface area contributed by atoms with Crippen LogP contribution in [-0.2, 0) is 0 Å². The van der Waals surface area contributed by atoms with Crippen LogP contribution in [0.2, 0.25) is 0 Å². The third-order valence-electron chi connectivity index (χ3n) is 4.12. The van der Waals surface area contributed by atoms with Crippen LogP contribution >= 0.6 is 17.0 Å². The van der Waals surface area contributed by atoms with Crippen molar-refractivity contribution in [2.75, 3.05) is 10.2 Å². The van der Waals surface area contributed by atoms with E-state index in [2.05, 4.69) is 30.3 Å². The predicted octanol–water partition coefficient (Wildman–Crippen LogP) is 4.32. The van der Waals surface area contributed by atoms with Gasteiger partial charge in [0, 0.05) is 11.3 Å². The Bertz CT molecular complexity index is 854. The predicted molar refractivity (Wildman–Crippen MR) is 108 cm³/mol. The number of halogens is 1. The lowest BCUT2D eigenvalue weighted by molar-refractivity contribution is 0.760. The SMILES string of the molecule is Br.Cc1cc(N2N=C(c3ccccc3)NN2c2ccccc2)[nH]c1C. The topological polar surface area (TPSA) is 46.7 Å². The van der Waals surface area contributed by atoms with Crippen LogP contribution in [0.3, 0.4) is 0 Å².